The van der Waals surface area contributed by atoms with Crippen molar-refractivity contribution in [1.82, 2.24) is 9.97 Å². The Morgan fingerprint density at radius 3 is 2.95 bits per heavy atom. The quantitative estimate of drug-likeness (QED) is 0.907. The molecule has 0 bridgehead atoms. The second kappa shape index (κ2) is 4.73. The molecular formula is C14H14N4O. The summed E-state index contributed by atoms with van der Waals surface area (Å²) < 4.78 is 5.25. The monoisotopic (exact) mass is 254 g/mol. The van der Waals surface area contributed by atoms with Gasteiger partial charge in [0.15, 0.2) is 6.39 Å². The minimum absolute atomic E-state index is 0.0726. The number of rotatable bonds is 4. The van der Waals surface area contributed by atoms with E-state index in [9.17, 15) is 0 Å². The highest BCUT2D eigenvalue weighted by Crippen LogP contribution is 2.39. The first-order chi connectivity index (χ1) is 9.28. The minimum Gasteiger partial charge on any atom is -0.446 e. The Morgan fingerprint density at radius 2 is 2.32 bits per heavy atom. The SMILES string of the molecule is CC(Nc1nc(C2CC2)ccc1C#N)c1cnco1. The lowest BCUT2D eigenvalue weighted by Crippen LogP contribution is -2.09. The Labute approximate surface area is 111 Å². The summed E-state index contributed by atoms with van der Waals surface area (Å²) in [6.45, 7) is 1.95. The van der Waals surface area contributed by atoms with Crippen LogP contribution in [0.3, 0.4) is 0 Å². The maximum atomic E-state index is 9.14. The number of nitriles is 1. The highest BCUT2D eigenvalue weighted by atomic mass is 16.3. The van der Waals surface area contributed by atoms with Crippen LogP contribution in [0, 0.1) is 11.3 Å². The zero-order valence-corrected chi connectivity index (χ0v) is 10.6. The van der Waals surface area contributed by atoms with Gasteiger partial charge in [-0.1, -0.05) is 0 Å². The maximum Gasteiger partial charge on any atom is 0.180 e. The van der Waals surface area contributed by atoms with Crippen LogP contribution in [0.5, 0.6) is 0 Å². The molecule has 0 amide bonds. The van der Waals surface area contributed by atoms with E-state index in [0.717, 1.165) is 11.5 Å². The molecule has 5 heteroatoms. The molecule has 0 aromatic carbocycles. The number of hydrogen-bond acceptors (Lipinski definition) is 5. The van der Waals surface area contributed by atoms with E-state index in [1.54, 1.807) is 6.20 Å². The van der Waals surface area contributed by atoms with Gasteiger partial charge in [-0.2, -0.15) is 5.26 Å². The van der Waals surface area contributed by atoms with Crippen LogP contribution in [0.4, 0.5) is 5.82 Å². The second-order valence-electron chi connectivity index (χ2n) is 4.79. The summed E-state index contributed by atoms with van der Waals surface area (Å²) in [5.41, 5.74) is 1.61. The molecule has 1 atom stereocenters. The van der Waals surface area contributed by atoms with Crippen molar-refractivity contribution in [2.75, 3.05) is 5.32 Å². The minimum atomic E-state index is -0.0726. The molecular weight excluding hydrogens is 240 g/mol. The average molecular weight is 254 g/mol. The van der Waals surface area contributed by atoms with Crippen molar-refractivity contribution >= 4 is 5.82 Å². The Bertz CT molecular complexity index is 611. The smallest absolute Gasteiger partial charge is 0.180 e. The fourth-order valence-electron chi connectivity index (χ4n) is 2.00. The van der Waals surface area contributed by atoms with Gasteiger partial charge in [-0.05, 0) is 31.9 Å². The van der Waals surface area contributed by atoms with Gasteiger partial charge in [0.2, 0.25) is 0 Å². The molecule has 1 aliphatic carbocycles. The number of nitrogens with one attached hydrogen (secondary N) is 1. The highest BCUT2D eigenvalue weighted by molar-refractivity contribution is 5.53. The lowest BCUT2D eigenvalue weighted by atomic mass is 10.2. The lowest BCUT2D eigenvalue weighted by Gasteiger charge is -2.13. The molecule has 1 N–H and O–H groups in total. The summed E-state index contributed by atoms with van der Waals surface area (Å²) in [4.78, 5) is 8.45. The maximum absolute atomic E-state index is 9.14. The fourth-order valence-corrected chi connectivity index (χ4v) is 2.00. The summed E-state index contributed by atoms with van der Waals surface area (Å²) in [6, 6.07) is 5.86. The van der Waals surface area contributed by atoms with Crippen molar-refractivity contribution in [3.05, 3.63) is 41.7 Å². The van der Waals surface area contributed by atoms with Crippen molar-refractivity contribution in [2.24, 2.45) is 0 Å². The Hall–Kier alpha value is -2.35. The van der Waals surface area contributed by atoms with Gasteiger partial charge >= 0.3 is 0 Å². The van der Waals surface area contributed by atoms with Crippen molar-refractivity contribution in [3.63, 3.8) is 0 Å². The first-order valence-electron chi connectivity index (χ1n) is 6.34. The normalized spacial score (nSPS) is 15.8. The van der Waals surface area contributed by atoms with Gasteiger partial charge in [0.1, 0.15) is 17.6 Å². The molecule has 1 saturated carbocycles. The molecule has 1 fully saturated rings. The van der Waals surface area contributed by atoms with Crippen LogP contribution in [0.25, 0.3) is 0 Å². The summed E-state index contributed by atoms with van der Waals surface area (Å²) >= 11 is 0. The third-order valence-corrected chi connectivity index (χ3v) is 3.26. The standard InChI is InChI=1S/C14H14N4O/c1-9(13-7-16-8-19-13)17-14-11(6-15)4-5-12(18-14)10-2-3-10/h4-5,7-10H,2-3H2,1H3,(H,17,18). The molecule has 0 saturated heterocycles. The molecule has 19 heavy (non-hydrogen) atoms. The van der Waals surface area contributed by atoms with Crippen molar-refractivity contribution in [1.29, 1.82) is 5.26 Å². The van der Waals surface area contributed by atoms with Crippen molar-refractivity contribution in [3.8, 4) is 6.07 Å². The molecule has 2 aromatic heterocycles. The van der Waals surface area contributed by atoms with E-state index >= 15 is 0 Å². The molecule has 5 nitrogen and oxygen atoms in total. The van der Waals surface area contributed by atoms with Gasteiger partial charge in [0.05, 0.1) is 17.8 Å². The number of oxazole rings is 1. The van der Waals surface area contributed by atoms with E-state index in [1.807, 2.05) is 19.1 Å². The molecule has 3 rings (SSSR count). The van der Waals surface area contributed by atoms with Crippen LogP contribution in [-0.4, -0.2) is 9.97 Å². The largest absolute Gasteiger partial charge is 0.446 e. The van der Waals surface area contributed by atoms with Crippen LogP contribution in [0.2, 0.25) is 0 Å². The molecule has 2 heterocycles. The first-order valence-corrected chi connectivity index (χ1v) is 6.34. The molecule has 0 radical (unpaired) electrons. The number of nitrogens with zero attached hydrogens (tertiary/aromatic N) is 3. The van der Waals surface area contributed by atoms with Crippen molar-refractivity contribution in [2.45, 2.75) is 31.7 Å². The predicted molar refractivity (Wildman–Crippen MR) is 69.5 cm³/mol. The fraction of sp³-hybridized carbons (Fsp3) is 0.357. The van der Waals surface area contributed by atoms with E-state index < -0.39 is 0 Å². The third kappa shape index (κ3) is 2.43. The summed E-state index contributed by atoms with van der Waals surface area (Å²) in [6.07, 6.45) is 5.44. The van der Waals surface area contributed by atoms with E-state index in [4.69, 9.17) is 9.68 Å². The molecule has 1 aliphatic rings. The third-order valence-electron chi connectivity index (χ3n) is 3.26. The summed E-state index contributed by atoms with van der Waals surface area (Å²) in [5.74, 6) is 1.91. The van der Waals surface area contributed by atoms with Crippen molar-refractivity contribution < 1.29 is 4.42 Å². The molecule has 2 aromatic rings. The van der Waals surface area contributed by atoms with Crippen LogP contribution in [0.1, 0.15) is 48.7 Å². The van der Waals surface area contributed by atoms with Gasteiger partial charge in [0, 0.05) is 11.6 Å². The van der Waals surface area contributed by atoms with E-state index in [-0.39, 0.29) is 6.04 Å². The van der Waals surface area contributed by atoms with E-state index in [0.29, 0.717) is 17.3 Å². The Kier molecular flexibility index (Phi) is 2.92. The number of hydrogen-bond donors (Lipinski definition) is 1. The second-order valence-corrected chi connectivity index (χ2v) is 4.79. The zero-order valence-electron chi connectivity index (χ0n) is 10.6. The first kappa shape index (κ1) is 11.7. The number of anilines is 1. The van der Waals surface area contributed by atoms with Crippen LogP contribution < -0.4 is 5.32 Å². The van der Waals surface area contributed by atoms with Gasteiger partial charge in [-0.3, -0.25) is 0 Å². The highest BCUT2D eigenvalue weighted by Gasteiger charge is 2.26. The molecule has 0 spiro atoms. The zero-order chi connectivity index (χ0) is 13.2. The summed E-state index contributed by atoms with van der Waals surface area (Å²) in [5, 5.41) is 12.4. The Balaban J connectivity index is 1.86. The van der Waals surface area contributed by atoms with Gasteiger partial charge in [-0.25, -0.2) is 9.97 Å². The Morgan fingerprint density at radius 1 is 1.47 bits per heavy atom. The number of aromatic nitrogens is 2. The van der Waals surface area contributed by atoms with Gasteiger partial charge < -0.3 is 9.73 Å². The molecule has 1 unspecified atom stereocenters. The van der Waals surface area contributed by atoms with Crippen LogP contribution in [-0.2, 0) is 0 Å². The molecule has 0 aliphatic heterocycles. The topological polar surface area (TPSA) is 74.7 Å². The number of pyridine rings is 1. The van der Waals surface area contributed by atoms with Crippen LogP contribution in [0.15, 0.2) is 29.1 Å². The molecule has 96 valence electrons. The van der Waals surface area contributed by atoms with Gasteiger partial charge in [0.25, 0.3) is 0 Å². The predicted octanol–water partition coefficient (Wildman–Crippen LogP) is 2.99. The summed E-state index contributed by atoms with van der Waals surface area (Å²) in [7, 11) is 0. The average Bonchev–Trinajstić information content (AvgIpc) is 3.13. The van der Waals surface area contributed by atoms with E-state index in [1.165, 1.54) is 19.2 Å². The van der Waals surface area contributed by atoms with Gasteiger partial charge in [-0.15, -0.1) is 0 Å². The van der Waals surface area contributed by atoms with Crippen LogP contribution >= 0.6 is 0 Å². The lowest BCUT2D eigenvalue weighted by molar-refractivity contribution is 0.485. The van der Waals surface area contributed by atoms with E-state index in [2.05, 4.69) is 21.4 Å².